The number of benzene rings is 3. The molecule has 3 amide bonds. The number of carbonyl (C=O) groups excluding carboxylic acids is 3. The Hall–Kier alpha value is -3.87. The van der Waals surface area contributed by atoms with E-state index in [1.54, 1.807) is 9.80 Å². The van der Waals surface area contributed by atoms with E-state index in [9.17, 15) is 24.3 Å². The molecule has 2 saturated heterocycles. The molecule has 0 unspecified atom stereocenters. The van der Waals surface area contributed by atoms with Crippen LogP contribution in [-0.4, -0.2) is 72.7 Å². The third-order valence-electron chi connectivity index (χ3n) is 10.1. The van der Waals surface area contributed by atoms with Gasteiger partial charge < -0.3 is 35.1 Å². The van der Waals surface area contributed by atoms with Gasteiger partial charge in [0, 0.05) is 35.8 Å². The van der Waals surface area contributed by atoms with Gasteiger partial charge in [-0.3, -0.25) is 14.4 Å². The molecule has 2 fully saturated rings. The summed E-state index contributed by atoms with van der Waals surface area (Å²) < 4.78 is 6.93. The lowest BCUT2D eigenvalue weighted by Crippen LogP contribution is -2.46. The zero-order chi connectivity index (χ0) is 34.1. The largest absolute Gasteiger partial charge is 0.432 e. The number of nitrogens with one attached hydrogen (secondary N) is 2. The zero-order valence-corrected chi connectivity index (χ0v) is 28.9. The molecule has 0 bridgehead atoms. The molecule has 4 N–H and O–H groups in total. The van der Waals surface area contributed by atoms with Gasteiger partial charge in [-0.05, 0) is 61.8 Å². The Morgan fingerprint density at radius 1 is 1.06 bits per heavy atom. The predicted octanol–water partition coefficient (Wildman–Crippen LogP) is 4.13. The van der Waals surface area contributed by atoms with E-state index >= 15 is 0 Å². The zero-order valence-electron chi connectivity index (χ0n) is 27.9. The van der Waals surface area contributed by atoms with Crippen LogP contribution in [0.4, 0.5) is 11.4 Å². The van der Waals surface area contributed by atoms with Crippen LogP contribution in [0.5, 0.6) is 0 Å². The SMILES string of the molecule is C[C@@H]1[C@@H]([Si](C)(C)O)[C@H](CC(=O)N(CCO)Cc2ccccc2)O[C@@]12C(=O)N(Cc1ccccc1)c1ccc(NC(=O)[C@H]3CCCN3)cc12. The smallest absolute Gasteiger partial charge is 0.264 e. The molecule has 254 valence electrons. The van der Waals surface area contributed by atoms with Crippen LogP contribution in [-0.2, 0) is 37.8 Å². The van der Waals surface area contributed by atoms with Gasteiger partial charge in [0.15, 0.2) is 13.9 Å². The van der Waals surface area contributed by atoms with Gasteiger partial charge in [-0.25, -0.2) is 0 Å². The van der Waals surface area contributed by atoms with E-state index in [1.165, 1.54) is 0 Å². The summed E-state index contributed by atoms with van der Waals surface area (Å²) in [4.78, 5) is 56.9. The highest BCUT2D eigenvalue weighted by atomic mass is 28.4. The summed E-state index contributed by atoms with van der Waals surface area (Å²) >= 11 is 0. The number of hydrogen-bond acceptors (Lipinski definition) is 7. The second kappa shape index (κ2) is 13.9. The Balaban J connectivity index is 1.37. The second-order valence-corrected chi connectivity index (χ2v) is 17.8. The first-order chi connectivity index (χ1) is 23.0. The van der Waals surface area contributed by atoms with Crippen molar-refractivity contribution >= 4 is 37.4 Å². The predicted molar refractivity (Wildman–Crippen MR) is 186 cm³/mol. The minimum atomic E-state index is -3.04. The van der Waals surface area contributed by atoms with E-state index in [-0.39, 0.29) is 43.3 Å². The Bertz CT molecular complexity index is 1630. The van der Waals surface area contributed by atoms with Crippen LogP contribution in [0.15, 0.2) is 78.9 Å². The van der Waals surface area contributed by atoms with E-state index in [2.05, 4.69) is 10.6 Å². The fourth-order valence-corrected chi connectivity index (χ4v) is 10.5. The van der Waals surface area contributed by atoms with Gasteiger partial charge in [0.1, 0.15) is 0 Å². The Kier molecular flexibility index (Phi) is 9.87. The molecule has 0 saturated carbocycles. The highest BCUT2D eigenvalue weighted by Crippen LogP contribution is 2.60. The van der Waals surface area contributed by atoms with E-state index in [4.69, 9.17) is 4.74 Å². The number of ether oxygens (including phenoxy) is 1. The molecule has 3 aromatic carbocycles. The first-order valence-corrected chi connectivity index (χ1v) is 19.9. The van der Waals surface area contributed by atoms with Crippen molar-refractivity contribution in [2.24, 2.45) is 5.92 Å². The third-order valence-corrected chi connectivity index (χ3v) is 12.6. The topological polar surface area (TPSA) is 131 Å². The van der Waals surface area contributed by atoms with Gasteiger partial charge in [0.2, 0.25) is 11.8 Å². The lowest BCUT2D eigenvalue weighted by atomic mass is 9.82. The average Bonchev–Trinajstić information content (AvgIpc) is 3.76. The van der Waals surface area contributed by atoms with Gasteiger partial charge >= 0.3 is 0 Å². The standard InChI is InChI=1S/C37H46N4O6Si/c1-25-34(48(2,3)46)32(22-33(43)40(19-20-42)23-26-11-6-4-7-12-26)47-37(25)29-21-28(39-35(44)30-15-10-18-38-30)16-17-31(29)41(36(37)45)24-27-13-8-5-9-14-27/h4-9,11-14,16-17,21,25,30,32,34,38,42,46H,10,15,18-20,22-24H2,1-3H3,(H,39,44)/t25-,30-,32+,34-,37+/m1/s1. The van der Waals surface area contributed by atoms with Gasteiger partial charge in [-0.15, -0.1) is 0 Å². The number of hydrogen-bond donors (Lipinski definition) is 4. The third kappa shape index (κ3) is 6.57. The molecular weight excluding hydrogens is 625 g/mol. The summed E-state index contributed by atoms with van der Waals surface area (Å²) in [5.74, 6) is -1.07. The molecule has 48 heavy (non-hydrogen) atoms. The number of carbonyl (C=O) groups is 3. The molecule has 0 radical (unpaired) electrons. The Labute approximate surface area is 283 Å². The molecule has 3 aliphatic rings. The van der Waals surface area contributed by atoms with Crippen molar-refractivity contribution in [3.05, 3.63) is 95.6 Å². The number of aliphatic hydroxyl groups is 1. The average molecular weight is 671 g/mol. The molecule has 11 heteroatoms. The maximum Gasteiger partial charge on any atom is 0.264 e. The van der Waals surface area contributed by atoms with Crippen molar-refractivity contribution in [1.29, 1.82) is 0 Å². The van der Waals surface area contributed by atoms with Gasteiger partial charge in [0.05, 0.1) is 37.4 Å². The van der Waals surface area contributed by atoms with Gasteiger partial charge in [-0.2, -0.15) is 0 Å². The fraction of sp³-hybridized carbons (Fsp3) is 0.432. The second-order valence-electron chi connectivity index (χ2n) is 13.8. The molecule has 5 atom stereocenters. The van der Waals surface area contributed by atoms with Crippen LogP contribution in [0.3, 0.4) is 0 Å². The van der Waals surface area contributed by atoms with Crippen molar-refractivity contribution in [2.75, 3.05) is 29.9 Å². The van der Waals surface area contributed by atoms with Gasteiger partial charge in [-0.1, -0.05) is 67.6 Å². The number of anilines is 2. The minimum absolute atomic E-state index is 0.0499. The number of amides is 3. The van der Waals surface area contributed by atoms with Crippen LogP contribution >= 0.6 is 0 Å². The molecule has 1 spiro atoms. The van der Waals surface area contributed by atoms with Crippen LogP contribution < -0.4 is 15.5 Å². The number of nitrogens with zero attached hydrogens (tertiary/aromatic N) is 2. The first-order valence-electron chi connectivity index (χ1n) is 16.9. The van der Waals surface area contributed by atoms with Crippen molar-refractivity contribution < 1.29 is 29.0 Å². The summed E-state index contributed by atoms with van der Waals surface area (Å²) in [6, 6.07) is 24.6. The monoisotopic (exact) mass is 670 g/mol. The molecule has 6 rings (SSSR count). The highest BCUT2D eigenvalue weighted by Gasteiger charge is 2.66. The number of fused-ring (bicyclic) bond motifs is 2. The summed E-state index contributed by atoms with van der Waals surface area (Å²) in [6.07, 6.45) is 0.898. The number of rotatable bonds is 11. The molecule has 0 aromatic heterocycles. The maximum absolute atomic E-state index is 14.8. The van der Waals surface area contributed by atoms with E-state index in [1.807, 2.05) is 98.9 Å². The lowest BCUT2D eigenvalue weighted by Gasteiger charge is -2.32. The highest BCUT2D eigenvalue weighted by molar-refractivity contribution is 6.71. The van der Waals surface area contributed by atoms with E-state index in [0.717, 1.165) is 30.5 Å². The number of aliphatic hydroxyl groups excluding tert-OH is 1. The summed E-state index contributed by atoms with van der Waals surface area (Å²) in [6.45, 7) is 6.99. The Morgan fingerprint density at radius 2 is 1.75 bits per heavy atom. The van der Waals surface area contributed by atoms with E-state index in [0.29, 0.717) is 30.0 Å². The molecule has 10 nitrogen and oxygen atoms in total. The van der Waals surface area contributed by atoms with Crippen LogP contribution in [0.25, 0.3) is 0 Å². The van der Waals surface area contributed by atoms with Gasteiger partial charge in [0.25, 0.3) is 5.91 Å². The van der Waals surface area contributed by atoms with Crippen LogP contribution in [0, 0.1) is 5.92 Å². The fourth-order valence-electron chi connectivity index (χ4n) is 7.93. The van der Waals surface area contributed by atoms with Crippen molar-refractivity contribution in [1.82, 2.24) is 10.2 Å². The van der Waals surface area contributed by atoms with Crippen LogP contribution in [0.1, 0.15) is 42.9 Å². The first kappa shape index (κ1) is 34.0. The summed E-state index contributed by atoms with van der Waals surface area (Å²) in [7, 11) is -3.04. The van der Waals surface area contributed by atoms with E-state index < -0.39 is 31.5 Å². The van der Waals surface area contributed by atoms with Crippen molar-refractivity contribution in [3.63, 3.8) is 0 Å². The lowest BCUT2D eigenvalue weighted by molar-refractivity contribution is -0.150. The molecule has 3 aliphatic heterocycles. The molecular formula is C37H46N4O6Si. The normalized spacial score (nSPS) is 25.0. The maximum atomic E-state index is 14.8. The van der Waals surface area contributed by atoms with Crippen molar-refractivity contribution in [3.8, 4) is 0 Å². The quantitative estimate of drug-likeness (QED) is 0.226. The Morgan fingerprint density at radius 3 is 2.38 bits per heavy atom. The summed E-state index contributed by atoms with van der Waals surface area (Å²) in [5, 5.41) is 16.1. The van der Waals surface area contributed by atoms with Crippen molar-refractivity contribution in [2.45, 2.75) is 75.7 Å². The minimum Gasteiger partial charge on any atom is -0.432 e. The molecule has 3 aromatic rings. The summed E-state index contributed by atoms with van der Waals surface area (Å²) in [5.41, 5.74) is 1.83. The molecule has 3 heterocycles. The molecule has 0 aliphatic carbocycles. The van der Waals surface area contributed by atoms with Crippen LogP contribution in [0.2, 0.25) is 18.6 Å².